The third kappa shape index (κ3) is 3.90. The van der Waals surface area contributed by atoms with Crippen molar-refractivity contribution in [1.29, 1.82) is 0 Å². The molecule has 140 valence electrons. The van der Waals surface area contributed by atoms with Crippen LogP contribution in [0.2, 0.25) is 5.15 Å². The van der Waals surface area contributed by atoms with E-state index in [2.05, 4.69) is 27.4 Å². The Kier molecular flexibility index (Phi) is 5.25. The van der Waals surface area contributed by atoms with Gasteiger partial charge in [-0.25, -0.2) is 9.37 Å². The van der Waals surface area contributed by atoms with Gasteiger partial charge in [-0.3, -0.25) is 4.90 Å². The maximum atomic E-state index is 13.4. The zero-order valence-electron chi connectivity index (χ0n) is 15.2. The Bertz CT molecular complexity index is 916. The van der Waals surface area contributed by atoms with Crippen LogP contribution >= 0.6 is 11.6 Å². The molecule has 0 N–H and O–H groups in total. The van der Waals surface area contributed by atoms with Gasteiger partial charge in [-0.1, -0.05) is 11.6 Å². The van der Waals surface area contributed by atoms with Crippen molar-refractivity contribution in [2.45, 2.75) is 13.5 Å². The van der Waals surface area contributed by atoms with Crippen LogP contribution in [0.4, 0.5) is 4.39 Å². The van der Waals surface area contributed by atoms with Crippen molar-refractivity contribution in [3.8, 4) is 16.9 Å². The van der Waals surface area contributed by atoms with E-state index in [1.54, 1.807) is 24.4 Å². The molecule has 0 radical (unpaired) electrons. The third-order valence-corrected chi connectivity index (χ3v) is 5.18. The minimum atomic E-state index is -0.244. The van der Waals surface area contributed by atoms with E-state index in [-0.39, 0.29) is 5.82 Å². The van der Waals surface area contributed by atoms with Crippen molar-refractivity contribution in [3.05, 3.63) is 70.9 Å². The molecule has 0 atom stereocenters. The smallest absolute Gasteiger partial charge is 0.129 e. The molecule has 0 unspecified atom stereocenters. The summed E-state index contributed by atoms with van der Waals surface area (Å²) in [6.45, 7) is 6.36. The molecule has 6 heteroatoms. The highest BCUT2D eigenvalue weighted by molar-refractivity contribution is 6.29. The molecular formula is C21H21ClFN3O. The molecule has 0 bridgehead atoms. The molecule has 0 amide bonds. The standard InChI is InChI=1S/C21H21ClFN3O/c1-15-17(14-25-8-10-27-11-9-25)12-20(16-2-7-21(22)24-13-16)26(15)19-5-3-18(23)4-6-19/h2-7,12-13H,8-11,14H2,1H3. The SMILES string of the molecule is Cc1c(CN2CCOCC2)cc(-c2ccc(Cl)nc2)n1-c1ccc(F)cc1. The predicted octanol–water partition coefficient (Wildman–Crippen LogP) is 4.47. The maximum Gasteiger partial charge on any atom is 0.129 e. The van der Waals surface area contributed by atoms with Gasteiger partial charge in [0, 0.05) is 42.8 Å². The number of morpholine rings is 1. The number of ether oxygens (including phenoxy) is 1. The first kappa shape index (κ1) is 18.2. The van der Waals surface area contributed by atoms with Gasteiger partial charge in [-0.05, 0) is 55.0 Å². The van der Waals surface area contributed by atoms with Gasteiger partial charge in [0.05, 0.1) is 18.9 Å². The maximum absolute atomic E-state index is 13.4. The van der Waals surface area contributed by atoms with Crippen molar-refractivity contribution in [1.82, 2.24) is 14.5 Å². The molecule has 3 aromatic rings. The van der Waals surface area contributed by atoms with Gasteiger partial charge in [0.15, 0.2) is 0 Å². The number of pyridine rings is 1. The average Bonchev–Trinajstić information content (AvgIpc) is 3.00. The van der Waals surface area contributed by atoms with Crippen LogP contribution in [-0.2, 0) is 11.3 Å². The quantitative estimate of drug-likeness (QED) is 0.620. The minimum absolute atomic E-state index is 0.244. The fourth-order valence-electron chi connectivity index (χ4n) is 3.48. The van der Waals surface area contributed by atoms with E-state index >= 15 is 0 Å². The second-order valence-electron chi connectivity index (χ2n) is 6.71. The van der Waals surface area contributed by atoms with Gasteiger partial charge < -0.3 is 9.30 Å². The van der Waals surface area contributed by atoms with Crippen molar-refractivity contribution >= 4 is 11.6 Å². The lowest BCUT2D eigenvalue weighted by Gasteiger charge is -2.26. The van der Waals surface area contributed by atoms with Crippen LogP contribution < -0.4 is 0 Å². The van der Waals surface area contributed by atoms with Gasteiger partial charge in [-0.15, -0.1) is 0 Å². The summed E-state index contributed by atoms with van der Waals surface area (Å²) >= 11 is 5.96. The average molecular weight is 386 g/mol. The van der Waals surface area contributed by atoms with Crippen LogP contribution in [0.15, 0.2) is 48.7 Å². The fraction of sp³-hybridized carbons (Fsp3) is 0.286. The monoisotopic (exact) mass is 385 g/mol. The first-order valence-corrected chi connectivity index (χ1v) is 9.39. The number of halogens is 2. The summed E-state index contributed by atoms with van der Waals surface area (Å²) in [4.78, 5) is 6.62. The second-order valence-corrected chi connectivity index (χ2v) is 7.10. The van der Waals surface area contributed by atoms with Crippen LogP contribution in [0.5, 0.6) is 0 Å². The zero-order chi connectivity index (χ0) is 18.8. The Morgan fingerprint density at radius 2 is 1.85 bits per heavy atom. The van der Waals surface area contributed by atoms with E-state index in [1.165, 1.54) is 17.7 Å². The van der Waals surface area contributed by atoms with Crippen LogP contribution in [-0.4, -0.2) is 40.8 Å². The molecule has 1 aliphatic heterocycles. The van der Waals surface area contributed by atoms with Crippen molar-refractivity contribution < 1.29 is 9.13 Å². The Balaban J connectivity index is 1.78. The van der Waals surface area contributed by atoms with E-state index in [9.17, 15) is 4.39 Å². The number of hydrogen-bond acceptors (Lipinski definition) is 3. The first-order valence-electron chi connectivity index (χ1n) is 9.01. The van der Waals surface area contributed by atoms with Crippen LogP contribution in [0.25, 0.3) is 16.9 Å². The summed E-state index contributed by atoms with van der Waals surface area (Å²) < 4.78 is 21.0. The normalized spacial score (nSPS) is 15.2. The molecule has 1 aromatic carbocycles. The molecule has 1 fully saturated rings. The highest BCUT2D eigenvalue weighted by Gasteiger charge is 2.18. The lowest BCUT2D eigenvalue weighted by atomic mass is 10.1. The molecular weight excluding hydrogens is 365 g/mol. The molecule has 4 rings (SSSR count). The topological polar surface area (TPSA) is 30.3 Å². The van der Waals surface area contributed by atoms with Crippen LogP contribution in [0, 0.1) is 12.7 Å². The van der Waals surface area contributed by atoms with Crippen molar-refractivity contribution in [2.24, 2.45) is 0 Å². The molecule has 0 spiro atoms. The molecule has 0 aliphatic carbocycles. The molecule has 1 aliphatic rings. The van der Waals surface area contributed by atoms with E-state index in [0.717, 1.165) is 55.5 Å². The number of rotatable bonds is 4. The predicted molar refractivity (Wildman–Crippen MR) is 105 cm³/mol. The lowest BCUT2D eigenvalue weighted by molar-refractivity contribution is 0.0341. The minimum Gasteiger partial charge on any atom is -0.379 e. The third-order valence-electron chi connectivity index (χ3n) is 4.96. The van der Waals surface area contributed by atoms with Crippen molar-refractivity contribution in [2.75, 3.05) is 26.3 Å². The molecule has 27 heavy (non-hydrogen) atoms. The number of benzene rings is 1. The lowest BCUT2D eigenvalue weighted by Crippen LogP contribution is -2.35. The summed E-state index contributed by atoms with van der Waals surface area (Å²) in [6, 6.07) is 12.5. The van der Waals surface area contributed by atoms with E-state index in [0.29, 0.717) is 5.15 Å². The summed E-state index contributed by atoms with van der Waals surface area (Å²) in [6.07, 6.45) is 1.77. The fourth-order valence-corrected chi connectivity index (χ4v) is 3.59. The number of nitrogens with zero attached hydrogens (tertiary/aromatic N) is 3. The van der Waals surface area contributed by atoms with Crippen LogP contribution in [0.3, 0.4) is 0 Å². The summed E-state index contributed by atoms with van der Waals surface area (Å²) in [5.74, 6) is -0.244. The Morgan fingerprint density at radius 3 is 2.52 bits per heavy atom. The summed E-state index contributed by atoms with van der Waals surface area (Å²) in [7, 11) is 0. The number of aromatic nitrogens is 2. The zero-order valence-corrected chi connectivity index (χ0v) is 15.9. The van der Waals surface area contributed by atoms with Gasteiger partial charge in [-0.2, -0.15) is 0 Å². The molecule has 1 saturated heterocycles. The Morgan fingerprint density at radius 1 is 1.11 bits per heavy atom. The highest BCUT2D eigenvalue weighted by atomic mass is 35.5. The van der Waals surface area contributed by atoms with E-state index in [4.69, 9.17) is 16.3 Å². The van der Waals surface area contributed by atoms with Crippen LogP contribution in [0.1, 0.15) is 11.3 Å². The second kappa shape index (κ2) is 7.80. The van der Waals surface area contributed by atoms with Gasteiger partial charge in [0.2, 0.25) is 0 Å². The number of hydrogen-bond donors (Lipinski definition) is 0. The summed E-state index contributed by atoms with van der Waals surface area (Å²) in [5.41, 5.74) is 5.29. The van der Waals surface area contributed by atoms with Gasteiger partial charge in [0.1, 0.15) is 11.0 Å². The largest absolute Gasteiger partial charge is 0.379 e. The first-order chi connectivity index (χ1) is 13.1. The molecule has 3 heterocycles. The molecule has 2 aromatic heterocycles. The Labute approximate surface area is 163 Å². The summed E-state index contributed by atoms with van der Waals surface area (Å²) in [5, 5.41) is 0.462. The van der Waals surface area contributed by atoms with Gasteiger partial charge >= 0.3 is 0 Å². The van der Waals surface area contributed by atoms with Gasteiger partial charge in [0.25, 0.3) is 0 Å². The Hall–Kier alpha value is -2.21. The van der Waals surface area contributed by atoms with Crippen molar-refractivity contribution in [3.63, 3.8) is 0 Å². The van der Waals surface area contributed by atoms with E-state index in [1.807, 2.05) is 6.07 Å². The molecule has 4 nitrogen and oxygen atoms in total. The molecule has 0 saturated carbocycles. The van der Waals surface area contributed by atoms with E-state index < -0.39 is 0 Å². The highest BCUT2D eigenvalue weighted by Crippen LogP contribution is 2.30.